The van der Waals surface area contributed by atoms with Crippen molar-refractivity contribution in [1.29, 1.82) is 0 Å². The summed E-state index contributed by atoms with van der Waals surface area (Å²) in [4.78, 5) is 16.0. The Morgan fingerprint density at radius 2 is 2.35 bits per heavy atom. The SMILES string of the molecule is COCC(N)C(=O)Nc1cccc(-c2nc(C)co2)c1. The van der Waals surface area contributed by atoms with Crippen molar-refractivity contribution in [2.45, 2.75) is 13.0 Å². The van der Waals surface area contributed by atoms with Crippen LogP contribution in [0.2, 0.25) is 0 Å². The van der Waals surface area contributed by atoms with Crippen LogP contribution in [0.5, 0.6) is 0 Å². The highest BCUT2D eigenvalue weighted by atomic mass is 16.5. The first-order valence-corrected chi connectivity index (χ1v) is 6.18. The van der Waals surface area contributed by atoms with E-state index in [9.17, 15) is 4.79 Å². The van der Waals surface area contributed by atoms with Crippen molar-refractivity contribution < 1.29 is 13.9 Å². The number of nitrogens with zero attached hydrogens (tertiary/aromatic N) is 1. The van der Waals surface area contributed by atoms with Crippen LogP contribution in [0.25, 0.3) is 11.5 Å². The fourth-order valence-corrected chi connectivity index (χ4v) is 1.71. The molecule has 0 spiro atoms. The van der Waals surface area contributed by atoms with Gasteiger partial charge in [0, 0.05) is 18.4 Å². The van der Waals surface area contributed by atoms with E-state index in [1.807, 2.05) is 19.1 Å². The molecular weight excluding hydrogens is 258 g/mol. The maximum atomic E-state index is 11.8. The molecule has 1 heterocycles. The third-order valence-electron chi connectivity index (χ3n) is 2.68. The topological polar surface area (TPSA) is 90.4 Å². The molecular formula is C14H17N3O3. The molecule has 0 saturated carbocycles. The number of methoxy groups -OCH3 is 1. The van der Waals surface area contributed by atoms with Gasteiger partial charge in [-0.3, -0.25) is 4.79 Å². The number of carbonyl (C=O) groups excluding carboxylic acids is 1. The first kappa shape index (κ1) is 14.2. The zero-order chi connectivity index (χ0) is 14.5. The second-order valence-corrected chi connectivity index (χ2v) is 4.43. The lowest BCUT2D eigenvalue weighted by Crippen LogP contribution is -2.39. The monoisotopic (exact) mass is 275 g/mol. The Kier molecular flexibility index (Phi) is 4.49. The molecule has 106 valence electrons. The van der Waals surface area contributed by atoms with Crippen molar-refractivity contribution in [3.63, 3.8) is 0 Å². The van der Waals surface area contributed by atoms with Gasteiger partial charge >= 0.3 is 0 Å². The molecule has 0 aliphatic carbocycles. The highest BCUT2D eigenvalue weighted by Gasteiger charge is 2.13. The number of aromatic nitrogens is 1. The van der Waals surface area contributed by atoms with Crippen LogP contribution in [0.4, 0.5) is 5.69 Å². The van der Waals surface area contributed by atoms with E-state index in [-0.39, 0.29) is 12.5 Å². The number of rotatable bonds is 5. The summed E-state index contributed by atoms with van der Waals surface area (Å²) in [5.74, 6) is 0.215. The molecule has 6 nitrogen and oxygen atoms in total. The normalized spacial score (nSPS) is 12.2. The van der Waals surface area contributed by atoms with Crippen LogP contribution in [0.1, 0.15) is 5.69 Å². The predicted molar refractivity (Wildman–Crippen MR) is 75.2 cm³/mol. The van der Waals surface area contributed by atoms with Gasteiger partial charge in [0.1, 0.15) is 12.3 Å². The summed E-state index contributed by atoms with van der Waals surface area (Å²) in [7, 11) is 1.50. The van der Waals surface area contributed by atoms with E-state index in [1.54, 1.807) is 18.4 Å². The number of aryl methyl sites for hydroxylation is 1. The fourth-order valence-electron chi connectivity index (χ4n) is 1.71. The molecule has 1 aromatic carbocycles. The number of nitrogens with one attached hydrogen (secondary N) is 1. The van der Waals surface area contributed by atoms with Crippen LogP contribution in [0, 0.1) is 6.92 Å². The number of nitrogens with two attached hydrogens (primary N) is 1. The molecule has 1 aromatic heterocycles. The Bertz CT molecular complexity index is 595. The van der Waals surface area contributed by atoms with Crippen LogP contribution in [-0.4, -0.2) is 30.6 Å². The summed E-state index contributed by atoms with van der Waals surface area (Å²) in [6.45, 7) is 2.02. The molecule has 3 N–H and O–H groups in total. The van der Waals surface area contributed by atoms with Gasteiger partial charge in [-0.25, -0.2) is 4.98 Å². The lowest BCUT2D eigenvalue weighted by Gasteiger charge is -2.11. The Morgan fingerprint density at radius 3 is 3.00 bits per heavy atom. The highest BCUT2D eigenvalue weighted by molar-refractivity contribution is 5.95. The molecule has 0 radical (unpaired) electrons. The predicted octanol–water partition coefficient (Wildman–Crippen LogP) is 1.56. The smallest absolute Gasteiger partial charge is 0.243 e. The van der Waals surface area contributed by atoms with Gasteiger partial charge in [0.15, 0.2) is 0 Å². The minimum atomic E-state index is -0.701. The number of anilines is 1. The summed E-state index contributed by atoms with van der Waals surface area (Å²) in [6, 6.07) is 6.52. The lowest BCUT2D eigenvalue weighted by atomic mass is 10.2. The minimum absolute atomic E-state index is 0.171. The summed E-state index contributed by atoms with van der Waals surface area (Å²) >= 11 is 0. The van der Waals surface area contributed by atoms with Gasteiger partial charge in [-0.05, 0) is 25.1 Å². The standard InChI is InChI=1S/C14H17N3O3/c1-9-7-20-14(16-9)10-4-3-5-11(6-10)17-13(18)12(15)8-19-2/h3-7,12H,8,15H2,1-2H3,(H,17,18). The molecule has 6 heteroatoms. The van der Waals surface area contributed by atoms with Gasteiger partial charge in [-0.1, -0.05) is 6.07 Å². The summed E-state index contributed by atoms with van der Waals surface area (Å²) in [5.41, 5.74) is 7.88. The Balaban J connectivity index is 2.12. The molecule has 0 fully saturated rings. The van der Waals surface area contributed by atoms with Crippen LogP contribution in [0.15, 0.2) is 34.9 Å². The molecule has 20 heavy (non-hydrogen) atoms. The first-order chi connectivity index (χ1) is 9.60. The van der Waals surface area contributed by atoms with Crippen molar-refractivity contribution >= 4 is 11.6 Å². The molecule has 0 saturated heterocycles. The first-order valence-electron chi connectivity index (χ1n) is 6.18. The quantitative estimate of drug-likeness (QED) is 0.864. The second kappa shape index (κ2) is 6.31. The molecule has 2 rings (SSSR count). The Morgan fingerprint density at radius 1 is 1.55 bits per heavy atom. The second-order valence-electron chi connectivity index (χ2n) is 4.43. The summed E-state index contributed by atoms with van der Waals surface area (Å²) in [6.07, 6.45) is 1.58. The number of ether oxygens (including phenoxy) is 1. The molecule has 1 unspecified atom stereocenters. The van der Waals surface area contributed by atoms with Crippen molar-refractivity contribution in [1.82, 2.24) is 4.98 Å². The van der Waals surface area contributed by atoms with Crippen molar-refractivity contribution in [2.75, 3.05) is 19.0 Å². The van der Waals surface area contributed by atoms with E-state index in [4.69, 9.17) is 14.9 Å². The number of benzene rings is 1. The van der Waals surface area contributed by atoms with Crippen molar-refractivity contribution in [3.8, 4) is 11.5 Å². The zero-order valence-electron chi connectivity index (χ0n) is 11.4. The third kappa shape index (κ3) is 3.43. The van der Waals surface area contributed by atoms with E-state index in [0.29, 0.717) is 11.6 Å². The Labute approximate surface area is 116 Å². The van der Waals surface area contributed by atoms with Crippen LogP contribution >= 0.6 is 0 Å². The van der Waals surface area contributed by atoms with Gasteiger partial charge in [0.25, 0.3) is 0 Å². The summed E-state index contributed by atoms with van der Waals surface area (Å²) < 4.78 is 10.2. The lowest BCUT2D eigenvalue weighted by molar-refractivity contribution is -0.118. The van der Waals surface area contributed by atoms with Crippen LogP contribution in [-0.2, 0) is 9.53 Å². The van der Waals surface area contributed by atoms with Crippen LogP contribution in [0.3, 0.4) is 0 Å². The number of carbonyl (C=O) groups is 1. The number of hydrogen-bond donors (Lipinski definition) is 2. The Hall–Kier alpha value is -2.18. The molecule has 0 aliphatic heterocycles. The van der Waals surface area contributed by atoms with Gasteiger partial charge in [-0.15, -0.1) is 0 Å². The van der Waals surface area contributed by atoms with E-state index >= 15 is 0 Å². The average molecular weight is 275 g/mol. The largest absolute Gasteiger partial charge is 0.444 e. The van der Waals surface area contributed by atoms with Gasteiger partial charge < -0.3 is 20.2 Å². The van der Waals surface area contributed by atoms with E-state index < -0.39 is 6.04 Å². The number of amides is 1. The van der Waals surface area contributed by atoms with E-state index in [1.165, 1.54) is 7.11 Å². The molecule has 1 amide bonds. The third-order valence-corrected chi connectivity index (χ3v) is 2.68. The number of hydrogen-bond acceptors (Lipinski definition) is 5. The van der Waals surface area contributed by atoms with E-state index in [0.717, 1.165) is 11.3 Å². The average Bonchev–Trinajstić information content (AvgIpc) is 2.86. The zero-order valence-corrected chi connectivity index (χ0v) is 11.4. The number of oxazole rings is 1. The maximum Gasteiger partial charge on any atom is 0.243 e. The molecule has 0 aliphatic rings. The minimum Gasteiger partial charge on any atom is -0.444 e. The van der Waals surface area contributed by atoms with Gasteiger partial charge in [0.2, 0.25) is 11.8 Å². The van der Waals surface area contributed by atoms with Gasteiger partial charge in [0.05, 0.1) is 12.3 Å². The highest BCUT2D eigenvalue weighted by Crippen LogP contribution is 2.21. The van der Waals surface area contributed by atoms with Crippen molar-refractivity contribution in [3.05, 3.63) is 36.2 Å². The molecule has 0 bridgehead atoms. The maximum absolute atomic E-state index is 11.8. The van der Waals surface area contributed by atoms with Gasteiger partial charge in [-0.2, -0.15) is 0 Å². The van der Waals surface area contributed by atoms with Crippen molar-refractivity contribution in [2.24, 2.45) is 5.73 Å². The molecule has 1 atom stereocenters. The summed E-state index contributed by atoms with van der Waals surface area (Å²) in [5, 5.41) is 2.73. The fraction of sp³-hybridized carbons (Fsp3) is 0.286. The van der Waals surface area contributed by atoms with E-state index in [2.05, 4.69) is 10.3 Å². The van der Waals surface area contributed by atoms with Crippen LogP contribution < -0.4 is 11.1 Å². The molecule has 2 aromatic rings.